The van der Waals surface area contributed by atoms with Gasteiger partial charge in [0.1, 0.15) is 12.6 Å². The molecule has 214 valence electrons. The van der Waals surface area contributed by atoms with Crippen LogP contribution < -0.4 is 9.62 Å². The number of carbonyl (C=O) groups is 2. The van der Waals surface area contributed by atoms with Gasteiger partial charge in [-0.3, -0.25) is 13.9 Å². The van der Waals surface area contributed by atoms with Crippen molar-refractivity contribution >= 4 is 27.5 Å². The van der Waals surface area contributed by atoms with Crippen molar-refractivity contribution in [3.8, 4) is 0 Å². The SMILES string of the molecule is CCCCNC(=O)C(CC)N(Cc1cccc(C)c1)C(=O)CN(c1cccc(C)c1)S(=O)(=O)c1ccc(C)cc1. The van der Waals surface area contributed by atoms with Gasteiger partial charge in [0.05, 0.1) is 10.6 Å². The largest absolute Gasteiger partial charge is 0.354 e. The minimum absolute atomic E-state index is 0.0991. The van der Waals surface area contributed by atoms with E-state index in [9.17, 15) is 18.0 Å². The van der Waals surface area contributed by atoms with Crippen LogP contribution in [0.25, 0.3) is 0 Å². The molecule has 40 heavy (non-hydrogen) atoms. The summed E-state index contributed by atoms with van der Waals surface area (Å²) in [5.41, 5.74) is 4.10. The maximum absolute atomic E-state index is 14.1. The molecule has 8 heteroatoms. The Morgan fingerprint density at radius 1 is 0.850 bits per heavy atom. The molecule has 0 aliphatic carbocycles. The lowest BCUT2D eigenvalue weighted by Gasteiger charge is -2.33. The van der Waals surface area contributed by atoms with E-state index in [1.54, 1.807) is 42.5 Å². The highest BCUT2D eigenvalue weighted by Gasteiger charge is 2.33. The minimum Gasteiger partial charge on any atom is -0.354 e. The molecule has 0 aromatic heterocycles. The van der Waals surface area contributed by atoms with E-state index in [4.69, 9.17) is 0 Å². The lowest BCUT2D eigenvalue weighted by Crippen LogP contribution is -2.52. The van der Waals surface area contributed by atoms with Crippen LogP contribution in [-0.4, -0.2) is 44.3 Å². The molecular weight excluding hydrogens is 522 g/mol. The van der Waals surface area contributed by atoms with Gasteiger partial charge in [-0.1, -0.05) is 79.9 Å². The van der Waals surface area contributed by atoms with Crippen LogP contribution in [0.2, 0.25) is 0 Å². The van der Waals surface area contributed by atoms with E-state index in [1.165, 1.54) is 4.90 Å². The third kappa shape index (κ3) is 7.94. The zero-order valence-electron chi connectivity index (χ0n) is 24.2. The van der Waals surface area contributed by atoms with Crippen molar-refractivity contribution < 1.29 is 18.0 Å². The van der Waals surface area contributed by atoms with E-state index >= 15 is 0 Å². The van der Waals surface area contributed by atoms with Gasteiger partial charge in [-0.15, -0.1) is 0 Å². The summed E-state index contributed by atoms with van der Waals surface area (Å²) in [5.74, 6) is -0.684. The number of benzene rings is 3. The highest BCUT2D eigenvalue weighted by atomic mass is 32.2. The van der Waals surface area contributed by atoms with E-state index < -0.39 is 28.5 Å². The Kier molecular flexibility index (Phi) is 10.9. The van der Waals surface area contributed by atoms with Crippen molar-refractivity contribution in [2.75, 3.05) is 17.4 Å². The van der Waals surface area contributed by atoms with Gasteiger partial charge in [0, 0.05) is 13.1 Å². The first-order valence-electron chi connectivity index (χ1n) is 13.9. The standard InChI is InChI=1S/C32H41N3O4S/c1-6-8-19-33-32(37)30(7-2)34(22-27-13-9-11-25(4)20-27)31(36)23-35(28-14-10-12-26(5)21-28)40(38,39)29-17-15-24(3)16-18-29/h9-18,20-21,30H,6-8,19,22-23H2,1-5H3,(H,33,37). The van der Waals surface area contributed by atoms with Crippen molar-refractivity contribution in [2.24, 2.45) is 0 Å². The second-order valence-electron chi connectivity index (χ2n) is 10.2. The lowest BCUT2D eigenvalue weighted by molar-refractivity contribution is -0.140. The molecule has 3 aromatic carbocycles. The van der Waals surface area contributed by atoms with Crippen LogP contribution in [0.15, 0.2) is 77.7 Å². The maximum Gasteiger partial charge on any atom is 0.264 e. The Labute approximate surface area is 239 Å². The van der Waals surface area contributed by atoms with Gasteiger partial charge in [0.2, 0.25) is 11.8 Å². The molecule has 1 N–H and O–H groups in total. The fourth-order valence-corrected chi connectivity index (χ4v) is 5.99. The Bertz CT molecular complexity index is 1400. The number of hydrogen-bond acceptors (Lipinski definition) is 4. The number of aryl methyl sites for hydroxylation is 3. The summed E-state index contributed by atoms with van der Waals surface area (Å²) in [4.78, 5) is 29.0. The fourth-order valence-electron chi connectivity index (χ4n) is 4.58. The van der Waals surface area contributed by atoms with Gasteiger partial charge in [-0.2, -0.15) is 0 Å². The molecule has 3 rings (SSSR count). The second-order valence-corrected chi connectivity index (χ2v) is 12.1. The minimum atomic E-state index is -4.08. The van der Waals surface area contributed by atoms with E-state index in [1.807, 2.05) is 65.0 Å². The van der Waals surface area contributed by atoms with Crippen molar-refractivity contribution in [3.63, 3.8) is 0 Å². The normalized spacial score (nSPS) is 12.0. The zero-order chi connectivity index (χ0) is 29.3. The van der Waals surface area contributed by atoms with E-state index in [0.717, 1.165) is 39.4 Å². The van der Waals surface area contributed by atoms with Crippen molar-refractivity contribution in [1.82, 2.24) is 10.2 Å². The highest BCUT2D eigenvalue weighted by Crippen LogP contribution is 2.26. The third-order valence-corrected chi connectivity index (χ3v) is 8.62. The van der Waals surface area contributed by atoms with Crippen molar-refractivity contribution in [2.45, 2.75) is 71.4 Å². The van der Waals surface area contributed by atoms with Crippen LogP contribution in [0.1, 0.15) is 55.4 Å². The number of nitrogens with zero attached hydrogens (tertiary/aromatic N) is 2. The zero-order valence-corrected chi connectivity index (χ0v) is 25.0. The lowest BCUT2D eigenvalue weighted by atomic mass is 10.1. The monoisotopic (exact) mass is 563 g/mol. The summed E-state index contributed by atoms with van der Waals surface area (Å²) in [5, 5.41) is 2.96. The molecule has 1 atom stereocenters. The van der Waals surface area contributed by atoms with Gasteiger partial charge in [0.25, 0.3) is 10.0 Å². The molecule has 7 nitrogen and oxygen atoms in total. The molecule has 1 unspecified atom stereocenters. The Morgan fingerprint density at radius 3 is 2.10 bits per heavy atom. The quantitative estimate of drug-likeness (QED) is 0.277. The van der Waals surface area contributed by atoms with Crippen LogP contribution in [0, 0.1) is 20.8 Å². The van der Waals surface area contributed by atoms with Gasteiger partial charge < -0.3 is 10.2 Å². The molecular formula is C32H41N3O4S. The van der Waals surface area contributed by atoms with Crippen LogP contribution >= 0.6 is 0 Å². The van der Waals surface area contributed by atoms with Gasteiger partial charge in [0.15, 0.2) is 0 Å². The van der Waals surface area contributed by atoms with Crippen molar-refractivity contribution in [1.29, 1.82) is 0 Å². The molecule has 0 radical (unpaired) electrons. The summed E-state index contributed by atoms with van der Waals surface area (Å²) in [6.45, 7) is 9.91. The van der Waals surface area contributed by atoms with Crippen LogP contribution in [-0.2, 0) is 26.2 Å². The second kappa shape index (κ2) is 14.1. The van der Waals surface area contributed by atoms with E-state index in [-0.39, 0.29) is 17.3 Å². The topological polar surface area (TPSA) is 86.8 Å². The van der Waals surface area contributed by atoms with Crippen LogP contribution in [0.3, 0.4) is 0 Å². The van der Waals surface area contributed by atoms with Gasteiger partial charge in [-0.25, -0.2) is 8.42 Å². The van der Waals surface area contributed by atoms with Gasteiger partial charge >= 0.3 is 0 Å². The molecule has 0 spiro atoms. The average Bonchev–Trinajstić information content (AvgIpc) is 2.91. The summed E-state index contributed by atoms with van der Waals surface area (Å²) < 4.78 is 29.0. The summed E-state index contributed by atoms with van der Waals surface area (Å²) in [6.07, 6.45) is 2.17. The number of rotatable bonds is 13. The molecule has 0 aliphatic heterocycles. The number of unbranched alkanes of at least 4 members (excludes halogenated alkanes) is 1. The summed E-state index contributed by atoms with van der Waals surface area (Å²) >= 11 is 0. The number of carbonyl (C=O) groups excluding carboxylic acids is 2. The number of amides is 2. The summed E-state index contributed by atoms with van der Waals surface area (Å²) in [7, 11) is -4.08. The molecule has 0 fully saturated rings. The molecule has 3 aromatic rings. The molecule has 0 heterocycles. The Balaban J connectivity index is 2.04. The predicted octanol–water partition coefficient (Wildman–Crippen LogP) is 5.53. The Morgan fingerprint density at radius 2 is 1.50 bits per heavy atom. The highest BCUT2D eigenvalue weighted by molar-refractivity contribution is 7.92. The molecule has 0 saturated heterocycles. The third-order valence-electron chi connectivity index (χ3n) is 6.83. The molecule has 0 bridgehead atoms. The molecule has 0 saturated carbocycles. The fraction of sp³-hybridized carbons (Fsp3) is 0.375. The van der Waals surface area contributed by atoms with Crippen LogP contribution in [0.4, 0.5) is 5.69 Å². The molecule has 0 aliphatic rings. The predicted molar refractivity (Wildman–Crippen MR) is 161 cm³/mol. The van der Waals surface area contributed by atoms with E-state index in [2.05, 4.69) is 5.32 Å². The number of sulfonamides is 1. The van der Waals surface area contributed by atoms with Crippen molar-refractivity contribution in [3.05, 3.63) is 95.1 Å². The van der Waals surface area contributed by atoms with Crippen LogP contribution in [0.5, 0.6) is 0 Å². The maximum atomic E-state index is 14.1. The number of anilines is 1. The van der Waals surface area contributed by atoms with Gasteiger partial charge in [-0.05, 0) is 69.0 Å². The summed E-state index contributed by atoms with van der Waals surface area (Å²) in [6, 6.07) is 20.7. The Hall–Kier alpha value is -3.65. The smallest absolute Gasteiger partial charge is 0.264 e. The van der Waals surface area contributed by atoms with E-state index in [0.29, 0.717) is 18.7 Å². The first-order valence-corrected chi connectivity index (χ1v) is 15.3. The first kappa shape index (κ1) is 30.9. The average molecular weight is 564 g/mol. The number of nitrogens with one attached hydrogen (secondary N) is 1. The number of hydrogen-bond donors (Lipinski definition) is 1. The first-order chi connectivity index (χ1) is 19.1. The molecule has 2 amide bonds.